The smallest absolute Gasteiger partial charge is 0.355 e. The third kappa shape index (κ3) is 7.99. The fourth-order valence-corrected chi connectivity index (χ4v) is 2.13. The molecule has 10 heteroatoms. The molecule has 0 saturated heterocycles. The summed E-state index contributed by atoms with van der Waals surface area (Å²) in [5.74, 6) is -0.549. The maximum atomic E-state index is 11.3. The first-order valence-electron chi connectivity index (χ1n) is 8.62. The SMILES string of the molecule is CON=C(C)C(=NOC)C(C)=NOCc1ccccc1CON=C(C)C(=O)OC. The molecule has 0 bridgehead atoms. The zero-order chi connectivity index (χ0) is 21.6. The van der Waals surface area contributed by atoms with Crippen LogP contribution in [-0.4, -0.2) is 50.1 Å². The van der Waals surface area contributed by atoms with Crippen molar-refractivity contribution in [2.45, 2.75) is 34.0 Å². The van der Waals surface area contributed by atoms with Crippen LogP contribution < -0.4 is 0 Å². The first-order valence-corrected chi connectivity index (χ1v) is 8.62. The fraction of sp³-hybridized carbons (Fsp3) is 0.421. The normalized spacial score (nSPS) is 13.0. The minimum absolute atomic E-state index is 0.125. The quantitative estimate of drug-likeness (QED) is 0.317. The van der Waals surface area contributed by atoms with E-state index in [1.54, 1.807) is 13.8 Å². The Morgan fingerprint density at radius 1 is 0.759 bits per heavy atom. The van der Waals surface area contributed by atoms with Gasteiger partial charge >= 0.3 is 5.97 Å². The molecule has 1 aromatic rings. The highest BCUT2D eigenvalue weighted by atomic mass is 16.6. The van der Waals surface area contributed by atoms with E-state index in [1.807, 2.05) is 24.3 Å². The Kier molecular flexibility index (Phi) is 10.5. The minimum Gasteiger partial charge on any atom is -0.464 e. The second-order valence-electron chi connectivity index (χ2n) is 5.64. The van der Waals surface area contributed by atoms with Crippen molar-refractivity contribution in [3.63, 3.8) is 0 Å². The highest BCUT2D eigenvalue weighted by molar-refractivity contribution is 6.67. The molecule has 10 nitrogen and oxygen atoms in total. The van der Waals surface area contributed by atoms with Crippen molar-refractivity contribution in [3.8, 4) is 0 Å². The Morgan fingerprint density at radius 2 is 1.24 bits per heavy atom. The Hall–Kier alpha value is -3.43. The maximum Gasteiger partial charge on any atom is 0.355 e. The van der Waals surface area contributed by atoms with Crippen molar-refractivity contribution in [1.82, 2.24) is 0 Å². The van der Waals surface area contributed by atoms with Crippen molar-refractivity contribution >= 4 is 28.8 Å². The van der Waals surface area contributed by atoms with Gasteiger partial charge in [0.15, 0.2) is 11.4 Å². The van der Waals surface area contributed by atoms with E-state index in [9.17, 15) is 4.79 Å². The Balaban J connectivity index is 2.80. The van der Waals surface area contributed by atoms with Crippen LogP contribution in [0.2, 0.25) is 0 Å². The second-order valence-corrected chi connectivity index (χ2v) is 5.64. The molecule has 0 aliphatic carbocycles. The average molecular weight is 406 g/mol. The Labute approximate surface area is 169 Å². The van der Waals surface area contributed by atoms with Gasteiger partial charge in [-0.25, -0.2) is 4.79 Å². The number of ether oxygens (including phenoxy) is 1. The lowest BCUT2D eigenvalue weighted by Gasteiger charge is -2.09. The number of rotatable bonds is 11. The van der Waals surface area contributed by atoms with Gasteiger partial charge in [-0.2, -0.15) is 0 Å². The van der Waals surface area contributed by atoms with E-state index >= 15 is 0 Å². The van der Waals surface area contributed by atoms with E-state index < -0.39 is 5.97 Å². The molecule has 0 spiro atoms. The molecule has 0 saturated carbocycles. The molecule has 0 radical (unpaired) electrons. The third-order valence-electron chi connectivity index (χ3n) is 3.54. The monoisotopic (exact) mass is 406 g/mol. The van der Waals surface area contributed by atoms with Crippen molar-refractivity contribution in [2.75, 3.05) is 21.3 Å². The summed E-state index contributed by atoms with van der Waals surface area (Å²) in [5.41, 5.74) is 3.18. The van der Waals surface area contributed by atoms with Gasteiger partial charge in [0, 0.05) is 0 Å². The molecule has 0 fully saturated rings. The summed E-state index contributed by atoms with van der Waals surface area (Å²) in [6, 6.07) is 7.48. The number of hydrogen-bond acceptors (Lipinski definition) is 10. The summed E-state index contributed by atoms with van der Waals surface area (Å²) in [7, 11) is 4.14. The van der Waals surface area contributed by atoms with Gasteiger partial charge in [-0.1, -0.05) is 44.9 Å². The molecule has 0 heterocycles. The lowest BCUT2D eigenvalue weighted by Crippen LogP contribution is -2.20. The first kappa shape index (κ1) is 23.6. The van der Waals surface area contributed by atoms with E-state index in [0.29, 0.717) is 17.1 Å². The molecule has 158 valence electrons. The highest BCUT2D eigenvalue weighted by Crippen LogP contribution is 2.12. The van der Waals surface area contributed by atoms with E-state index in [4.69, 9.17) is 19.4 Å². The predicted octanol–water partition coefficient (Wildman–Crippen LogP) is 2.67. The lowest BCUT2D eigenvalue weighted by molar-refractivity contribution is -0.133. The third-order valence-corrected chi connectivity index (χ3v) is 3.54. The molecule has 0 aliphatic heterocycles. The van der Waals surface area contributed by atoms with Gasteiger partial charge < -0.3 is 24.1 Å². The number of oxime groups is 4. The number of nitrogens with zero attached hydrogens (tertiary/aromatic N) is 4. The standard InChI is InChI=1S/C19H26N4O6/c1-13(20-26-5)18(23-27-6)14(2)21-28-11-16-9-7-8-10-17(16)12-29-22-15(3)19(24)25-4/h7-10H,11-12H2,1-6H3. The van der Waals surface area contributed by atoms with Crippen molar-refractivity contribution < 1.29 is 28.9 Å². The summed E-state index contributed by atoms with van der Waals surface area (Å²) >= 11 is 0. The van der Waals surface area contributed by atoms with E-state index in [0.717, 1.165) is 11.1 Å². The minimum atomic E-state index is -0.549. The summed E-state index contributed by atoms with van der Waals surface area (Å²) in [4.78, 5) is 31.6. The molecule has 1 rings (SSSR count). The van der Waals surface area contributed by atoms with Crippen molar-refractivity contribution in [2.24, 2.45) is 20.6 Å². The van der Waals surface area contributed by atoms with E-state index in [1.165, 1.54) is 28.3 Å². The van der Waals surface area contributed by atoms with Gasteiger partial charge in [-0.05, 0) is 31.9 Å². The molecule has 0 aromatic heterocycles. The van der Waals surface area contributed by atoms with Crippen LogP contribution in [0.15, 0.2) is 44.9 Å². The summed E-state index contributed by atoms with van der Waals surface area (Å²) in [6.45, 7) is 5.28. The van der Waals surface area contributed by atoms with Crippen LogP contribution in [0.25, 0.3) is 0 Å². The second kappa shape index (κ2) is 12.9. The Bertz CT molecular complexity index is 802. The number of methoxy groups -OCH3 is 1. The molecule has 1 aromatic carbocycles. The molecule has 0 aliphatic rings. The van der Waals surface area contributed by atoms with Gasteiger partial charge in [0.05, 0.1) is 7.11 Å². The van der Waals surface area contributed by atoms with Gasteiger partial charge in [-0.15, -0.1) is 0 Å². The largest absolute Gasteiger partial charge is 0.464 e. The van der Waals surface area contributed by atoms with Gasteiger partial charge in [0.2, 0.25) is 0 Å². The molecule has 0 amide bonds. The van der Waals surface area contributed by atoms with Gasteiger partial charge in [0.25, 0.3) is 0 Å². The van der Waals surface area contributed by atoms with Crippen LogP contribution in [-0.2, 0) is 42.1 Å². The zero-order valence-electron chi connectivity index (χ0n) is 17.5. The fourth-order valence-electron chi connectivity index (χ4n) is 2.13. The molecule has 29 heavy (non-hydrogen) atoms. The maximum absolute atomic E-state index is 11.3. The highest BCUT2D eigenvalue weighted by Gasteiger charge is 2.12. The van der Waals surface area contributed by atoms with Crippen LogP contribution in [0.1, 0.15) is 31.9 Å². The van der Waals surface area contributed by atoms with Crippen molar-refractivity contribution in [3.05, 3.63) is 35.4 Å². The number of carbonyl (C=O) groups excluding carboxylic acids is 1. The first-order chi connectivity index (χ1) is 13.9. The van der Waals surface area contributed by atoms with Crippen molar-refractivity contribution in [1.29, 1.82) is 0 Å². The topological polar surface area (TPSA) is 113 Å². The molecular weight excluding hydrogens is 380 g/mol. The molecular formula is C19H26N4O6. The lowest BCUT2D eigenvalue weighted by atomic mass is 10.1. The predicted molar refractivity (Wildman–Crippen MR) is 109 cm³/mol. The number of hydrogen-bond donors (Lipinski definition) is 0. The number of esters is 1. The number of carbonyl (C=O) groups is 1. The summed E-state index contributed by atoms with van der Waals surface area (Å²) in [5, 5.41) is 15.5. The van der Waals surface area contributed by atoms with Crippen LogP contribution in [0.3, 0.4) is 0 Å². The van der Waals surface area contributed by atoms with E-state index in [-0.39, 0.29) is 18.9 Å². The van der Waals surface area contributed by atoms with Gasteiger partial charge in [0.1, 0.15) is 38.9 Å². The zero-order valence-corrected chi connectivity index (χ0v) is 17.5. The van der Waals surface area contributed by atoms with Crippen LogP contribution in [0.4, 0.5) is 0 Å². The molecule has 0 N–H and O–H groups in total. The summed E-state index contributed by atoms with van der Waals surface area (Å²) < 4.78 is 4.56. The number of benzene rings is 1. The van der Waals surface area contributed by atoms with Crippen LogP contribution >= 0.6 is 0 Å². The molecule has 0 unspecified atom stereocenters. The van der Waals surface area contributed by atoms with Crippen LogP contribution in [0.5, 0.6) is 0 Å². The Morgan fingerprint density at radius 3 is 1.72 bits per heavy atom. The molecule has 0 atom stereocenters. The average Bonchev–Trinajstić information content (AvgIpc) is 2.72. The van der Waals surface area contributed by atoms with Gasteiger partial charge in [-0.3, -0.25) is 0 Å². The summed E-state index contributed by atoms with van der Waals surface area (Å²) in [6.07, 6.45) is 0. The van der Waals surface area contributed by atoms with E-state index in [2.05, 4.69) is 25.4 Å². The van der Waals surface area contributed by atoms with Crippen LogP contribution in [0, 0.1) is 0 Å².